The number of para-hydroxylation sites is 1. The highest BCUT2D eigenvalue weighted by Crippen LogP contribution is 2.35. The molecule has 5 nitrogen and oxygen atoms in total. The molecule has 132 valence electrons. The summed E-state index contributed by atoms with van der Waals surface area (Å²) >= 11 is 0. The van der Waals surface area contributed by atoms with E-state index in [1.807, 2.05) is 28.4 Å². The summed E-state index contributed by atoms with van der Waals surface area (Å²) in [4.78, 5) is 14.0. The maximum atomic E-state index is 12.3. The summed E-state index contributed by atoms with van der Waals surface area (Å²) in [6.45, 7) is 0.751. The average Bonchev–Trinajstić information content (AvgIpc) is 3.00. The molecule has 1 saturated heterocycles. The van der Waals surface area contributed by atoms with Crippen molar-refractivity contribution in [3.8, 4) is 11.5 Å². The molecule has 3 rings (SSSR count). The van der Waals surface area contributed by atoms with Crippen molar-refractivity contribution >= 4 is 5.91 Å². The summed E-state index contributed by atoms with van der Waals surface area (Å²) in [5.41, 5.74) is 0.878. The fourth-order valence-electron chi connectivity index (χ4n) is 3.09. The molecule has 2 heterocycles. The van der Waals surface area contributed by atoms with Crippen molar-refractivity contribution in [2.45, 2.75) is 31.6 Å². The van der Waals surface area contributed by atoms with E-state index in [1.165, 1.54) is 0 Å². The lowest BCUT2D eigenvalue weighted by molar-refractivity contribution is -0.141. The van der Waals surface area contributed by atoms with Gasteiger partial charge in [-0.3, -0.25) is 9.69 Å². The summed E-state index contributed by atoms with van der Waals surface area (Å²) in [6, 6.07) is 5.00. The van der Waals surface area contributed by atoms with Crippen molar-refractivity contribution in [1.82, 2.24) is 10.2 Å². The first-order chi connectivity index (χ1) is 11.4. The fraction of sp³-hybridized carbons (Fsp3) is 0.562. The smallest absolute Gasteiger partial charge is 0.405 e. The molecule has 0 saturated carbocycles. The maximum absolute atomic E-state index is 12.3. The average molecular weight is 344 g/mol. The molecule has 1 aromatic rings. The molecular formula is C16H19F3N2O3. The maximum Gasteiger partial charge on any atom is 0.405 e. The van der Waals surface area contributed by atoms with Crippen LogP contribution in [0.2, 0.25) is 0 Å². The van der Waals surface area contributed by atoms with Gasteiger partial charge < -0.3 is 14.8 Å². The van der Waals surface area contributed by atoms with Crippen molar-refractivity contribution in [2.75, 3.05) is 26.3 Å². The number of carbonyl (C=O) groups is 1. The van der Waals surface area contributed by atoms with Gasteiger partial charge in [-0.25, -0.2) is 0 Å². The van der Waals surface area contributed by atoms with Crippen LogP contribution in [0.4, 0.5) is 13.2 Å². The zero-order valence-electron chi connectivity index (χ0n) is 13.1. The van der Waals surface area contributed by atoms with E-state index in [1.54, 1.807) is 0 Å². The van der Waals surface area contributed by atoms with E-state index < -0.39 is 24.7 Å². The zero-order valence-corrected chi connectivity index (χ0v) is 13.1. The molecule has 0 bridgehead atoms. The van der Waals surface area contributed by atoms with Gasteiger partial charge in [-0.05, 0) is 25.5 Å². The first kappa shape index (κ1) is 16.9. The highest BCUT2D eigenvalue weighted by Gasteiger charge is 2.34. The Kier molecular flexibility index (Phi) is 4.84. The lowest BCUT2D eigenvalue weighted by Gasteiger charge is -2.26. The number of amides is 1. The van der Waals surface area contributed by atoms with Crippen LogP contribution in [0.1, 0.15) is 18.4 Å². The Morgan fingerprint density at radius 1 is 1.29 bits per heavy atom. The van der Waals surface area contributed by atoms with Crippen LogP contribution >= 0.6 is 0 Å². The van der Waals surface area contributed by atoms with E-state index in [9.17, 15) is 18.0 Å². The quantitative estimate of drug-likeness (QED) is 0.909. The number of fused-ring (bicyclic) bond motifs is 1. The number of alkyl halides is 3. The minimum Gasteiger partial charge on any atom is -0.486 e. The number of carbonyl (C=O) groups excluding carboxylic acids is 1. The number of nitrogens with one attached hydrogen (secondary N) is 1. The van der Waals surface area contributed by atoms with Crippen molar-refractivity contribution in [2.24, 2.45) is 0 Å². The van der Waals surface area contributed by atoms with Crippen molar-refractivity contribution in [3.63, 3.8) is 0 Å². The highest BCUT2D eigenvalue weighted by atomic mass is 19.4. The number of halogens is 3. The molecule has 0 spiro atoms. The number of benzene rings is 1. The predicted octanol–water partition coefficient (Wildman–Crippen LogP) is 2.10. The van der Waals surface area contributed by atoms with Crippen molar-refractivity contribution < 1.29 is 27.4 Å². The molecule has 1 fully saturated rings. The van der Waals surface area contributed by atoms with Gasteiger partial charge in [0.2, 0.25) is 5.91 Å². The van der Waals surface area contributed by atoms with Crippen LogP contribution in [0.15, 0.2) is 18.2 Å². The van der Waals surface area contributed by atoms with E-state index in [0.717, 1.165) is 12.0 Å². The van der Waals surface area contributed by atoms with Gasteiger partial charge in [0.05, 0.1) is 6.04 Å². The third-order valence-corrected chi connectivity index (χ3v) is 4.15. The van der Waals surface area contributed by atoms with Gasteiger partial charge in [0.15, 0.2) is 11.5 Å². The van der Waals surface area contributed by atoms with E-state index in [-0.39, 0.29) is 0 Å². The molecule has 0 aliphatic carbocycles. The van der Waals surface area contributed by atoms with E-state index >= 15 is 0 Å². The number of nitrogens with zero attached hydrogens (tertiary/aromatic N) is 1. The summed E-state index contributed by atoms with van der Waals surface area (Å²) in [5.74, 6) is 0.743. The van der Waals surface area contributed by atoms with Gasteiger partial charge in [0.1, 0.15) is 19.8 Å². The van der Waals surface area contributed by atoms with E-state index in [0.29, 0.717) is 44.2 Å². The zero-order chi connectivity index (χ0) is 17.2. The molecular weight excluding hydrogens is 325 g/mol. The SMILES string of the molecule is O=C(NCC(F)(F)F)[C@@H]1CCCN1Cc1cccc2c1OCCO2. The second kappa shape index (κ2) is 6.88. The predicted molar refractivity (Wildman–Crippen MR) is 79.9 cm³/mol. The molecule has 0 unspecified atom stereocenters. The fourth-order valence-corrected chi connectivity index (χ4v) is 3.09. The number of hydrogen-bond donors (Lipinski definition) is 1. The van der Waals surface area contributed by atoms with Crippen LogP contribution in [0.5, 0.6) is 11.5 Å². The van der Waals surface area contributed by atoms with Gasteiger partial charge in [-0.1, -0.05) is 12.1 Å². The topological polar surface area (TPSA) is 50.8 Å². The largest absolute Gasteiger partial charge is 0.486 e. The van der Waals surface area contributed by atoms with Crippen LogP contribution in [0.3, 0.4) is 0 Å². The third kappa shape index (κ3) is 3.92. The normalized spacial score (nSPS) is 20.9. The molecule has 1 atom stereocenters. The van der Waals surface area contributed by atoms with Crippen LogP contribution < -0.4 is 14.8 Å². The molecule has 8 heteroatoms. The lowest BCUT2D eigenvalue weighted by Crippen LogP contribution is -2.45. The Morgan fingerprint density at radius 2 is 2.08 bits per heavy atom. The Morgan fingerprint density at radius 3 is 2.88 bits per heavy atom. The van der Waals surface area contributed by atoms with Crippen molar-refractivity contribution in [3.05, 3.63) is 23.8 Å². The van der Waals surface area contributed by atoms with E-state index in [2.05, 4.69) is 0 Å². The second-order valence-electron chi connectivity index (χ2n) is 5.90. The van der Waals surface area contributed by atoms with Crippen LogP contribution in [0.25, 0.3) is 0 Å². The highest BCUT2D eigenvalue weighted by molar-refractivity contribution is 5.82. The van der Waals surface area contributed by atoms with Crippen molar-refractivity contribution in [1.29, 1.82) is 0 Å². The Hall–Kier alpha value is -1.96. The van der Waals surface area contributed by atoms with Gasteiger partial charge in [-0.2, -0.15) is 13.2 Å². The molecule has 1 amide bonds. The van der Waals surface area contributed by atoms with Gasteiger partial charge in [0.25, 0.3) is 0 Å². The Labute approximate surface area is 137 Å². The van der Waals surface area contributed by atoms with Crippen LogP contribution in [0, 0.1) is 0 Å². The third-order valence-electron chi connectivity index (χ3n) is 4.15. The molecule has 24 heavy (non-hydrogen) atoms. The Bertz CT molecular complexity index is 607. The van der Waals surface area contributed by atoms with Crippen LogP contribution in [-0.2, 0) is 11.3 Å². The summed E-state index contributed by atoms with van der Waals surface area (Å²) < 4.78 is 48.0. The summed E-state index contributed by atoms with van der Waals surface area (Å²) in [7, 11) is 0. The van der Waals surface area contributed by atoms with Crippen LogP contribution in [-0.4, -0.2) is 49.3 Å². The monoisotopic (exact) mass is 344 g/mol. The minimum absolute atomic E-state index is 0.441. The molecule has 2 aliphatic rings. The first-order valence-electron chi connectivity index (χ1n) is 7.90. The number of rotatable bonds is 4. The lowest BCUT2D eigenvalue weighted by atomic mass is 10.1. The van der Waals surface area contributed by atoms with Gasteiger partial charge in [-0.15, -0.1) is 0 Å². The molecule has 0 radical (unpaired) electrons. The number of ether oxygens (including phenoxy) is 2. The van der Waals surface area contributed by atoms with Gasteiger partial charge >= 0.3 is 6.18 Å². The van der Waals surface area contributed by atoms with Gasteiger partial charge in [0, 0.05) is 12.1 Å². The molecule has 0 aromatic heterocycles. The number of hydrogen-bond acceptors (Lipinski definition) is 4. The number of likely N-dealkylation sites (tertiary alicyclic amines) is 1. The Balaban J connectivity index is 1.67. The molecule has 2 aliphatic heterocycles. The molecule has 1 aromatic carbocycles. The summed E-state index contributed by atoms with van der Waals surface area (Å²) in [6.07, 6.45) is -3.07. The summed E-state index contributed by atoms with van der Waals surface area (Å²) in [5, 5.41) is 1.98. The van der Waals surface area contributed by atoms with E-state index in [4.69, 9.17) is 9.47 Å². The standard InChI is InChI=1S/C16H19F3N2O3/c17-16(18,19)10-20-15(22)12-4-2-6-21(12)9-11-3-1-5-13-14(11)24-8-7-23-13/h1,3,5,12H,2,4,6-10H2,(H,20,22)/t12-/m0/s1. The second-order valence-corrected chi connectivity index (χ2v) is 5.90. The molecule has 1 N–H and O–H groups in total. The minimum atomic E-state index is -4.40. The first-order valence-corrected chi connectivity index (χ1v) is 7.90.